The number of hydrogen-bond donors (Lipinski definition) is 11. The average molecular weight is 623 g/mol. The summed E-state index contributed by atoms with van der Waals surface area (Å²) in [5.41, 5.74) is 11.1. The van der Waals surface area contributed by atoms with Crippen molar-refractivity contribution in [3.05, 3.63) is 0 Å². The van der Waals surface area contributed by atoms with E-state index in [1.165, 1.54) is 7.11 Å². The molecule has 0 aliphatic carbocycles. The van der Waals surface area contributed by atoms with Gasteiger partial charge >= 0.3 is 17.9 Å². The van der Waals surface area contributed by atoms with Crippen LogP contribution in [0.2, 0.25) is 0 Å². The summed E-state index contributed by atoms with van der Waals surface area (Å²) in [5, 5.41) is 44.8. The Morgan fingerprint density at radius 3 is 2.07 bits per heavy atom. The first kappa shape index (κ1) is 37.8. The summed E-state index contributed by atoms with van der Waals surface area (Å²) in [6.07, 6.45) is -0.681. The van der Waals surface area contributed by atoms with Crippen LogP contribution in [0, 0.1) is 5.41 Å². The number of thioether (sulfide) groups is 1. The van der Waals surface area contributed by atoms with E-state index in [1.807, 2.05) is 5.32 Å². The van der Waals surface area contributed by atoms with Crippen LogP contribution in [0.5, 0.6) is 0 Å². The first-order valence-electron chi connectivity index (χ1n) is 12.4. The van der Waals surface area contributed by atoms with Crippen LogP contribution >= 0.6 is 11.8 Å². The minimum Gasteiger partial charge on any atom is -0.481 e. The highest BCUT2D eigenvalue weighted by Gasteiger charge is 2.29. The van der Waals surface area contributed by atoms with Crippen molar-refractivity contribution in [2.24, 2.45) is 11.5 Å². The van der Waals surface area contributed by atoms with Crippen LogP contribution in [0.15, 0.2) is 0 Å². The minimum absolute atomic E-state index is 0.0107. The fraction of sp³-hybridized carbons (Fsp3) is 0.636. The SMILES string of the molecule is COC(=O)C(C)SCC(N)C(=O)NC(CCCNC(=N)N)C(=O)NCC(=O)NC(CC(=O)O)C(=O)NC(CO)C(=O)O. The van der Waals surface area contributed by atoms with Gasteiger partial charge in [0.25, 0.3) is 0 Å². The summed E-state index contributed by atoms with van der Waals surface area (Å²) >= 11 is 1.06. The van der Waals surface area contributed by atoms with Crippen LogP contribution < -0.4 is 38.1 Å². The van der Waals surface area contributed by atoms with Gasteiger partial charge in [-0.05, 0) is 19.8 Å². The Labute approximate surface area is 244 Å². The fourth-order valence-corrected chi connectivity index (χ4v) is 3.89. The van der Waals surface area contributed by atoms with E-state index in [4.69, 9.17) is 32.2 Å². The largest absolute Gasteiger partial charge is 0.481 e. The summed E-state index contributed by atoms with van der Waals surface area (Å²) in [6.45, 7) is -0.0227. The second kappa shape index (κ2) is 19.8. The van der Waals surface area contributed by atoms with Gasteiger partial charge in [0.05, 0.1) is 38.0 Å². The van der Waals surface area contributed by atoms with Gasteiger partial charge in [0.1, 0.15) is 18.1 Å². The molecule has 0 saturated heterocycles. The number of nitrogens with one attached hydrogen (secondary N) is 6. The second-order valence-electron chi connectivity index (χ2n) is 8.67. The van der Waals surface area contributed by atoms with Gasteiger partial charge in [0.15, 0.2) is 5.96 Å². The summed E-state index contributed by atoms with van der Waals surface area (Å²) in [6, 6.07) is -5.83. The zero-order valence-electron chi connectivity index (χ0n) is 23.0. The van der Waals surface area contributed by atoms with Gasteiger partial charge in [-0.2, -0.15) is 0 Å². The van der Waals surface area contributed by atoms with E-state index >= 15 is 0 Å². The third-order valence-corrected chi connectivity index (χ3v) is 6.51. The summed E-state index contributed by atoms with van der Waals surface area (Å²) in [5.74, 6) is -7.72. The molecule has 13 N–H and O–H groups in total. The lowest BCUT2D eigenvalue weighted by Crippen LogP contribution is -2.56. The standard InChI is InChI=1S/C22H38N8O11S/c1-10(21(40)41-2)42-9-11(23)17(35)29-12(4-3-5-26-22(24)25)18(36)27-7-15(32)28-13(6-16(33)34)19(37)30-14(8-31)20(38)39/h10-14,31H,3-9,23H2,1-2H3,(H,27,36)(H,28,32)(H,29,35)(H,30,37)(H,33,34)(H,38,39)(H4,24,25,26). The number of ether oxygens (including phenoxy) is 1. The molecule has 0 rings (SSSR count). The molecule has 0 fully saturated rings. The van der Waals surface area contributed by atoms with E-state index in [0.29, 0.717) is 0 Å². The highest BCUT2D eigenvalue weighted by Crippen LogP contribution is 2.13. The predicted molar refractivity (Wildman–Crippen MR) is 147 cm³/mol. The molecule has 19 nitrogen and oxygen atoms in total. The molecule has 0 aromatic heterocycles. The topological polar surface area (TPSA) is 325 Å². The Bertz CT molecular complexity index is 999. The Balaban J connectivity index is 5.31. The summed E-state index contributed by atoms with van der Waals surface area (Å²) in [7, 11) is 1.21. The monoisotopic (exact) mass is 622 g/mol. The molecule has 0 heterocycles. The molecule has 5 atom stereocenters. The zero-order chi connectivity index (χ0) is 32.4. The molecular formula is C22H38N8O11S. The van der Waals surface area contributed by atoms with Crippen LogP contribution in [0.25, 0.3) is 0 Å². The Morgan fingerprint density at radius 1 is 0.929 bits per heavy atom. The lowest BCUT2D eigenvalue weighted by atomic mass is 10.1. The van der Waals surface area contributed by atoms with Crippen molar-refractivity contribution >= 4 is 59.3 Å². The molecule has 0 spiro atoms. The lowest BCUT2D eigenvalue weighted by molar-refractivity contribution is -0.144. The number of carbonyl (C=O) groups is 7. The number of methoxy groups -OCH3 is 1. The molecule has 0 radical (unpaired) electrons. The highest BCUT2D eigenvalue weighted by atomic mass is 32.2. The quantitative estimate of drug-likeness (QED) is 0.0262. The van der Waals surface area contributed by atoms with E-state index in [9.17, 15) is 33.6 Å². The van der Waals surface area contributed by atoms with Crippen molar-refractivity contribution in [2.45, 2.75) is 55.6 Å². The summed E-state index contributed by atoms with van der Waals surface area (Å²) in [4.78, 5) is 83.8. The van der Waals surface area contributed by atoms with Crippen LogP contribution in [0.1, 0.15) is 26.2 Å². The van der Waals surface area contributed by atoms with Gasteiger partial charge < -0.3 is 58.1 Å². The number of guanidine groups is 1. The maximum Gasteiger partial charge on any atom is 0.328 e. The van der Waals surface area contributed by atoms with E-state index in [-0.39, 0.29) is 31.1 Å². The number of esters is 1. The van der Waals surface area contributed by atoms with Crippen LogP contribution in [-0.2, 0) is 38.3 Å². The first-order valence-corrected chi connectivity index (χ1v) is 13.4. The van der Waals surface area contributed by atoms with Gasteiger partial charge in [-0.1, -0.05) is 0 Å². The summed E-state index contributed by atoms with van der Waals surface area (Å²) < 4.78 is 4.60. The number of carbonyl (C=O) groups excluding carboxylic acids is 5. The van der Waals surface area contributed by atoms with Gasteiger partial charge in [-0.25, -0.2) is 4.79 Å². The fourth-order valence-electron chi connectivity index (χ4n) is 3.01. The molecule has 0 aromatic carbocycles. The second-order valence-corrected chi connectivity index (χ2v) is 10.0. The predicted octanol–water partition coefficient (Wildman–Crippen LogP) is -5.01. The molecule has 238 valence electrons. The Hall–Kier alpha value is -4.17. The van der Waals surface area contributed by atoms with Crippen molar-refractivity contribution in [3.63, 3.8) is 0 Å². The number of aliphatic hydroxyl groups excluding tert-OH is 1. The van der Waals surface area contributed by atoms with Crippen molar-refractivity contribution in [1.82, 2.24) is 26.6 Å². The van der Waals surface area contributed by atoms with E-state index < -0.39 is 90.5 Å². The Kier molecular flexibility index (Phi) is 17.9. The molecule has 42 heavy (non-hydrogen) atoms. The third kappa shape index (κ3) is 15.6. The molecule has 20 heteroatoms. The first-order chi connectivity index (χ1) is 19.6. The van der Waals surface area contributed by atoms with Crippen molar-refractivity contribution < 1.29 is 53.6 Å². The number of amides is 4. The molecule has 0 aromatic rings. The molecule has 0 saturated carbocycles. The van der Waals surface area contributed by atoms with Gasteiger partial charge in [-0.15, -0.1) is 11.8 Å². The molecule has 0 aliphatic heterocycles. The van der Waals surface area contributed by atoms with E-state index in [0.717, 1.165) is 11.8 Å². The van der Waals surface area contributed by atoms with Crippen molar-refractivity contribution in [1.29, 1.82) is 5.41 Å². The number of carboxylic acids is 2. The van der Waals surface area contributed by atoms with Crippen LogP contribution in [0.3, 0.4) is 0 Å². The number of nitrogens with two attached hydrogens (primary N) is 2. The van der Waals surface area contributed by atoms with E-state index in [1.54, 1.807) is 6.92 Å². The van der Waals surface area contributed by atoms with Crippen molar-refractivity contribution in [3.8, 4) is 0 Å². The molecule has 0 bridgehead atoms. The average Bonchev–Trinajstić information content (AvgIpc) is 2.92. The van der Waals surface area contributed by atoms with E-state index in [2.05, 4.69) is 26.0 Å². The number of aliphatic carboxylic acids is 2. The molecule has 4 amide bonds. The Morgan fingerprint density at radius 2 is 1.55 bits per heavy atom. The van der Waals surface area contributed by atoms with Crippen LogP contribution in [0.4, 0.5) is 0 Å². The number of rotatable bonds is 20. The van der Waals surface area contributed by atoms with Crippen molar-refractivity contribution in [2.75, 3.05) is 32.6 Å². The third-order valence-electron chi connectivity index (χ3n) is 5.26. The number of hydrogen-bond acceptors (Lipinski definition) is 12. The smallest absolute Gasteiger partial charge is 0.328 e. The maximum atomic E-state index is 12.8. The normalized spacial score (nSPS) is 14.1. The number of carboxylic acid groups (broad SMARTS) is 2. The molecular weight excluding hydrogens is 584 g/mol. The highest BCUT2D eigenvalue weighted by molar-refractivity contribution is 8.00. The maximum absolute atomic E-state index is 12.8. The molecule has 5 unspecified atom stereocenters. The molecule has 0 aliphatic rings. The zero-order valence-corrected chi connectivity index (χ0v) is 23.8. The van der Waals surface area contributed by atoms with Gasteiger partial charge in [0.2, 0.25) is 23.6 Å². The van der Waals surface area contributed by atoms with Crippen LogP contribution in [-0.4, -0.2) is 125 Å². The minimum atomic E-state index is -1.75. The van der Waals surface area contributed by atoms with Gasteiger partial charge in [0, 0.05) is 12.3 Å². The number of aliphatic hydroxyl groups is 1. The van der Waals surface area contributed by atoms with Gasteiger partial charge in [-0.3, -0.25) is 34.2 Å². The lowest BCUT2D eigenvalue weighted by Gasteiger charge is -2.22.